The fourth-order valence-corrected chi connectivity index (χ4v) is 2.44. The van der Waals surface area contributed by atoms with Crippen LogP contribution in [-0.2, 0) is 10.1 Å². The van der Waals surface area contributed by atoms with Gasteiger partial charge in [-0.1, -0.05) is 36.4 Å². The summed E-state index contributed by atoms with van der Waals surface area (Å²) < 4.78 is 31.3. The van der Waals surface area contributed by atoms with Crippen molar-refractivity contribution in [3.05, 3.63) is 48.0 Å². The van der Waals surface area contributed by atoms with Crippen molar-refractivity contribution in [2.75, 3.05) is 0 Å². The van der Waals surface area contributed by atoms with Crippen molar-refractivity contribution in [2.45, 2.75) is 11.8 Å². The van der Waals surface area contributed by atoms with Gasteiger partial charge in [0.25, 0.3) is 10.1 Å². The van der Waals surface area contributed by atoms with E-state index in [1.54, 1.807) is 37.3 Å². The third-order valence-corrected chi connectivity index (χ3v) is 3.57. The molecule has 0 amide bonds. The third-order valence-electron chi connectivity index (χ3n) is 2.69. The van der Waals surface area contributed by atoms with E-state index in [1.165, 1.54) is 6.07 Å². The summed E-state index contributed by atoms with van der Waals surface area (Å²) in [4.78, 5) is -0.480. The van der Waals surface area contributed by atoms with E-state index in [0.717, 1.165) is 5.56 Å². The van der Waals surface area contributed by atoms with Crippen molar-refractivity contribution in [2.24, 2.45) is 0 Å². The van der Waals surface area contributed by atoms with E-state index in [-0.39, 0.29) is 0 Å². The smallest absolute Gasteiger partial charge is 0.298 e. The molecule has 0 aliphatic heterocycles. The second-order valence-electron chi connectivity index (χ2n) is 3.95. The fraction of sp³-hybridized carbons (Fsp3) is 0.0769. The molecule has 0 radical (unpaired) electrons. The maximum atomic E-state index is 11.1. The molecule has 0 bridgehead atoms. The second kappa shape index (κ2) is 4.44. The molecule has 0 saturated carbocycles. The van der Waals surface area contributed by atoms with Crippen LogP contribution < -0.4 is 0 Å². The third kappa shape index (κ3) is 2.23. The Kier molecular flexibility index (Phi) is 3.11. The molecule has 0 unspecified atom stereocenters. The van der Waals surface area contributed by atoms with Crippen LogP contribution >= 0.6 is 0 Å². The zero-order valence-corrected chi connectivity index (χ0v) is 10.5. The van der Waals surface area contributed by atoms with Crippen molar-refractivity contribution in [1.82, 2.24) is 0 Å². The van der Waals surface area contributed by atoms with Crippen LogP contribution in [0, 0.1) is 6.92 Å². The quantitative estimate of drug-likeness (QED) is 0.818. The zero-order chi connectivity index (χ0) is 13.3. The lowest BCUT2D eigenvalue weighted by Crippen LogP contribution is -2.00. The molecule has 0 aliphatic carbocycles. The zero-order valence-electron chi connectivity index (χ0n) is 9.66. The van der Waals surface area contributed by atoms with Gasteiger partial charge >= 0.3 is 0 Å². The van der Waals surface area contributed by atoms with Crippen LogP contribution in [0.2, 0.25) is 0 Å². The Hall–Kier alpha value is -1.85. The number of aryl methyl sites for hydroxylation is 1. The van der Waals surface area contributed by atoms with Crippen molar-refractivity contribution in [1.29, 1.82) is 0 Å². The topological polar surface area (TPSA) is 74.6 Å². The van der Waals surface area contributed by atoms with Crippen LogP contribution in [0.15, 0.2) is 47.4 Å². The number of phenols is 1. The van der Waals surface area contributed by atoms with E-state index in [1.807, 2.05) is 6.07 Å². The van der Waals surface area contributed by atoms with Gasteiger partial charge < -0.3 is 5.11 Å². The predicted octanol–water partition coefficient (Wildman–Crippen LogP) is 2.61. The molecule has 0 atom stereocenters. The molecule has 0 spiro atoms. The average molecular weight is 264 g/mol. The minimum absolute atomic E-state index is 0.408. The van der Waals surface area contributed by atoms with Gasteiger partial charge in [-0.05, 0) is 24.1 Å². The largest absolute Gasteiger partial charge is 0.506 e. The summed E-state index contributed by atoms with van der Waals surface area (Å²) in [5.41, 5.74) is 1.83. The minimum atomic E-state index is -4.43. The highest BCUT2D eigenvalue weighted by Crippen LogP contribution is 2.37. The van der Waals surface area contributed by atoms with Gasteiger partial charge in [0.2, 0.25) is 0 Å². The van der Waals surface area contributed by atoms with Gasteiger partial charge in [-0.15, -0.1) is 0 Å². The standard InChI is InChI=1S/C13H12O4S/c1-9-7-8-11(18(15,16)17)13(14)12(9)10-5-3-2-4-6-10/h2-8,14H,1H3,(H,15,16,17). The van der Waals surface area contributed by atoms with Gasteiger partial charge in [0.15, 0.2) is 0 Å². The lowest BCUT2D eigenvalue weighted by atomic mass is 10.00. The summed E-state index contributed by atoms with van der Waals surface area (Å²) in [5.74, 6) is -0.427. The fourth-order valence-electron chi connectivity index (χ4n) is 1.85. The lowest BCUT2D eigenvalue weighted by molar-refractivity contribution is 0.444. The molecule has 0 heterocycles. The first kappa shape index (κ1) is 12.6. The molecule has 94 valence electrons. The highest BCUT2D eigenvalue weighted by molar-refractivity contribution is 7.86. The van der Waals surface area contributed by atoms with Crippen molar-refractivity contribution < 1.29 is 18.1 Å². The van der Waals surface area contributed by atoms with Gasteiger partial charge in [-0.3, -0.25) is 4.55 Å². The Morgan fingerprint density at radius 2 is 1.61 bits per heavy atom. The summed E-state index contributed by atoms with van der Waals surface area (Å²) in [6.07, 6.45) is 0. The maximum absolute atomic E-state index is 11.1. The van der Waals surface area contributed by atoms with Crippen LogP contribution in [0.4, 0.5) is 0 Å². The van der Waals surface area contributed by atoms with E-state index in [0.29, 0.717) is 11.1 Å². The molecule has 2 rings (SSSR count). The maximum Gasteiger partial charge on any atom is 0.298 e. The molecule has 2 aromatic rings. The predicted molar refractivity (Wildman–Crippen MR) is 68.1 cm³/mol. The first-order chi connectivity index (χ1) is 8.41. The number of aromatic hydroxyl groups is 1. The molecule has 4 nitrogen and oxygen atoms in total. The van der Waals surface area contributed by atoms with E-state index in [2.05, 4.69) is 0 Å². The van der Waals surface area contributed by atoms with Gasteiger partial charge in [-0.2, -0.15) is 8.42 Å². The molecule has 18 heavy (non-hydrogen) atoms. The second-order valence-corrected chi connectivity index (χ2v) is 5.34. The van der Waals surface area contributed by atoms with Crippen LogP contribution in [0.25, 0.3) is 11.1 Å². The molecule has 5 heteroatoms. The molecular formula is C13H12O4S. The van der Waals surface area contributed by atoms with E-state index in [9.17, 15) is 13.5 Å². The summed E-state index contributed by atoms with van der Waals surface area (Å²) in [5, 5.41) is 10.0. The molecule has 2 aromatic carbocycles. The average Bonchev–Trinajstić information content (AvgIpc) is 2.28. The van der Waals surface area contributed by atoms with Crippen LogP contribution in [0.3, 0.4) is 0 Å². The molecule has 0 aromatic heterocycles. The summed E-state index contributed by atoms with van der Waals surface area (Å²) >= 11 is 0. The Bertz CT molecular complexity index is 676. The molecule has 0 aliphatic rings. The van der Waals surface area contributed by atoms with Gasteiger partial charge in [-0.25, -0.2) is 0 Å². The molecule has 2 N–H and O–H groups in total. The Balaban J connectivity index is 2.76. The van der Waals surface area contributed by atoms with E-state index in [4.69, 9.17) is 4.55 Å². The Labute approximate surface area is 105 Å². The number of phenolic OH excluding ortho intramolecular Hbond substituents is 1. The molecule has 0 fully saturated rings. The van der Waals surface area contributed by atoms with Crippen molar-refractivity contribution in [3.8, 4) is 16.9 Å². The summed E-state index contributed by atoms with van der Waals surface area (Å²) in [6, 6.07) is 11.6. The SMILES string of the molecule is Cc1ccc(S(=O)(=O)O)c(O)c1-c1ccccc1. The highest BCUT2D eigenvalue weighted by Gasteiger charge is 2.20. The number of hydrogen-bond donors (Lipinski definition) is 2. The first-order valence-electron chi connectivity index (χ1n) is 5.27. The van der Waals surface area contributed by atoms with Crippen LogP contribution in [0.1, 0.15) is 5.56 Å². The molecular weight excluding hydrogens is 252 g/mol. The highest BCUT2D eigenvalue weighted by atomic mass is 32.2. The van der Waals surface area contributed by atoms with E-state index < -0.39 is 20.8 Å². The van der Waals surface area contributed by atoms with Crippen molar-refractivity contribution in [3.63, 3.8) is 0 Å². The lowest BCUT2D eigenvalue weighted by Gasteiger charge is -2.11. The Morgan fingerprint density at radius 3 is 2.17 bits per heavy atom. The van der Waals surface area contributed by atoms with Crippen LogP contribution in [0.5, 0.6) is 5.75 Å². The summed E-state index contributed by atoms with van der Waals surface area (Å²) in [6.45, 7) is 1.76. The number of hydrogen-bond acceptors (Lipinski definition) is 3. The molecule has 0 saturated heterocycles. The van der Waals surface area contributed by atoms with E-state index >= 15 is 0 Å². The van der Waals surface area contributed by atoms with Crippen molar-refractivity contribution >= 4 is 10.1 Å². The van der Waals surface area contributed by atoms with Gasteiger partial charge in [0.05, 0.1) is 0 Å². The minimum Gasteiger partial charge on any atom is -0.506 e. The van der Waals surface area contributed by atoms with Crippen LogP contribution in [-0.4, -0.2) is 18.1 Å². The van der Waals surface area contributed by atoms with Gasteiger partial charge in [0, 0.05) is 5.56 Å². The Morgan fingerprint density at radius 1 is 1.00 bits per heavy atom. The number of rotatable bonds is 2. The van der Waals surface area contributed by atoms with Gasteiger partial charge in [0.1, 0.15) is 10.6 Å². The number of benzene rings is 2. The summed E-state index contributed by atoms with van der Waals surface area (Å²) in [7, 11) is -4.43. The first-order valence-corrected chi connectivity index (χ1v) is 6.71. The normalized spacial score (nSPS) is 11.4. The monoisotopic (exact) mass is 264 g/mol.